The molecule has 138 valence electrons. The van der Waals surface area contributed by atoms with E-state index < -0.39 is 0 Å². The number of thiazole rings is 1. The lowest BCUT2D eigenvalue weighted by Crippen LogP contribution is -2.45. The van der Waals surface area contributed by atoms with Crippen molar-refractivity contribution >= 4 is 33.4 Å². The van der Waals surface area contributed by atoms with Crippen molar-refractivity contribution in [2.45, 2.75) is 51.0 Å². The van der Waals surface area contributed by atoms with Crippen LogP contribution in [-0.4, -0.2) is 46.2 Å². The van der Waals surface area contributed by atoms with E-state index in [-0.39, 0.29) is 24.4 Å². The Labute approximate surface area is 158 Å². The Kier molecular flexibility index (Phi) is 5.20. The molecule has 2 aliphatic heterocycles. The molecule has 1 aromatic carbocycles. The number of nitrogens with zero attached hydrogens (tertiary/aromatic N) is 3. The Balaban J connectivity index is 1.52. The fourth-order valence-electron chi connectivity index (χ4n) is 3.98. The summed E-state index contributed by atoms with van der Waals surface area (Å²) in [6.07, 6.45) is 6.71. The van der Waals surface area contributed by atoms with E-state index in [0.29, 0.717) is 13.0 Å². The van der Waals surface area contributed by atoms with Gasteiger partial charge in [-0.25, -0.2) is 4.98 Å². The highest BCUT2D eigenvalue weighted by molar-refractivity contribution is 7.18. The number of fused-ring (bicyclic) bond motifs is 1. The van der Waals surface area contributed by atoms with Crippen LogP contribution in [0.5, 0.6) is 0 Å². The van der Waals surface area contributed by atoms with Gasteiger partial charge in [-0.1, -0.05) is 18.6 Å². The summed E-state index contributed by atoms with van der Waals surface area (Å²) in [5.74, 6) is 0.202. The number of carbonyl (C=O) groups excluding carboxylic acids is 2. The molecule has 1 unspecified atom stereocenters. The van der Waals surface area contributed by atoms with Gasteiger partial charge in [0.1, 0.15) is 5.01 Å². The summed E-state index contributed by atoms with van der Waals surface area (Å²) in [6, 6.07) is 8.19. The number of para-hydroxylation sites is 1. The first kappa shape index (κ1) is 17.5. The van der Waals surface area contributed by atoms with Crippen LogP contribution in [0.4, 0.5) is 0 Å². The zero-order valence-electron chi connectivity index (χ0n) is 15.0. The molecule has 1 aromatic heterocycles. The molecular formula is C20H25N3O2S. The molecule has 0 bridgehead atoms. The maximum atomic E-state index is 13.0. The van der Waals surface area contributed by atoms with Crippen LogP contribution in [0, 0.1) is 0 Å². The third-order valence-electron chi connectivity index (χ3n) is 5.42. The molecule has 2 aromatic rings. The van der Waals surface area contributed by atoms with E-state index in [4.69, 9.17) is 4.98 Å². The number of aromatic nitrogens is 1. The number of hydrogen-bond acceptors (Lipinski definition) is 4. The maximum absolute atomic E-state index is 13.0. The first-order valence-corrected chi connectivity index (χ1v) is 10.5. The van der Waals surface area contributed by atoms with Crippen LogP contribution in [0.25, 0.3) is 10.2 Å². The van der Waals surface area contributed by atoms with Crippen LogP contribution >= 0.6 is 11.3 Å². The number of rotatable bonds is 3. The fraction of sp³-hybridized carbons (Fsp3) is 0.550. The van der Waals surface area contributed by atoms with Crippen molar-refractivity contribution in [2.24, 2.45) is 0 Å². The average Bonchev–Trinajstić information content (AvgIpc) is 3.00. The number of amides is 2. The summed E-state index contributed by atoms with van der Waals surface area (Å²) in [5.41, 5.74) is 1.01. The minimum atomic E-state index is 0.0516. The van der Waals surface area contributed by atoms with Crippen LogP contribution in [0.15, 0.2) is 24.3 Å². The molecule has 0 spiro atoms. The predicted molar refractivity (Wildman–Crippen MR) is 103 cm³/mol. The summed E-state index contributed by atoms with van der Waals surface area (Å²) >= 11 is 1.69. The number of carbonyl (C=O) groups is 2. The topological polar surface area (TPSA) is 53.5 Å². The molecule has 6 heteroatoms. The molecular weight excluding hydrogens is 346 g/mol. The second-order valence-corrected chi connectivity index (χ2v) is 8.31. The van der Waals surface area contributed by atoms with Crippen LogP contribution in [0.3, 0.4) is 0 Å². The molecule has 2 aliphatic rings. The minimum absolute atomic E-state index is 0.0516. The van der Waals surface area contributed by atoms with Gasteiger partial charge in [-0.2, -0.15) is 0 Å². The van der Waals surface area contributed by atoms with Crippen molar-refractivity contribution in [2.75, 3.05) is 19.6 Å². The second-order valence-electron chi connectivity index (χ2n) is 7.24. The normalized spacial score (nSPS) is 21.8. The summed E-state index contributed by atoms with van der Waals surface area (Å²) < 4.78 is 1.17. The van der Waals surface area contributed by atoms with Gasteiger partial charge in [0.25, 0.3) is 0 Å². The van der Waals surface area contributed by atoms with Crippen LogP contribution in [-0.2, 0) is 9.59 Å². The average molecular weight is 372 g/mol. The van der Waals surface area contributed by atoms with Gasteiger partial charge in [0.05, 0.1) is 22.8 Å². The van der Waals surface area contributed by atoms with Gasteiger partial charge in [0.2, 0.25) is 11.8 Å². The third kappa shape index (κ3) is 3.61. The van der Waals surface area contributed by atoms with E-state index >= 15 is 0 Å². The molecule has 0 radical (unpaired) electrons. The lowest BCUT2D eigenvalue weighted by atomic mass is 10.0. The van der Waals surface area contributed by atoms with Crippen molar-refractivity contribution in [3.8, 4) is 0 Å². The summed E-state index contributed by atoms with van der Waals surface area (Å²) in [7, 11) is 0. The molecule has 3 heterocycles. The summed E-state index contributed by atoms with van der Waals surface area (Å²) in [4.78, 5) is 33.8. The Hall–Kier alpha value is -1.95. The van der Waals surface area contributed by atoms with Crippen molar-refractivity contribution < 1.29 is 9.59 Å². The Bertz CT molecular complexity index is 770. The molecule has 2 saturated heterocycles. The van der Waals surface area contributed by atoms with Gasteiger partial charge in [-0.15, -0.1) is 11.3 Å². The standard InChI is InChI=1S/C20H25N3O2S/c24-18-11-2-1-6-12-22(18)14-19(25)23-13-7-5-9-16(23)20-21-15-8-3-4-10-17(15)26-20/h3-4,8,10,16H,1-2,5-7,9,11-14H2. The zero-order chi connectivity index (χ0) is 17.9. The van der Waals surface area contributed by atoms with E-state index in [1.807, 2.05) is 23.1 Å². The lowest BCUT2D eigenvalue weighted by molar-refractivity contribution is -0.142. The number of benzene rings is 1. The molecule has 2 amide bonds. The van der Waals surface area contributed by atoms with E-state index in [2.05, 4.69) is 6.07 Å². The smallest absolute Gasteiger partial charge is 0.242 e. The highest BCUT2D eigenvalue weighted by atomic mass is 32.1. The van der Waals surface area contributed by atoms with Crippen molar-refractivity contribution in [3.05, 3.63) is 29.3 Å². The predicted octanol–water partition coefficient (Wildman–Crippen LogP) is 3.75. The largest absolute Gasteiger partial charge is 0.333 e. The van der Waals surface area contributed by atoms with Gasteiger partial charge in [-0.3, -0.25) is 9.59 Å². The van der Waals surface area contributed by atoms with Gasteiger partial charge < -0.3 is 9.80 Å². The van der Waals surface area contributed by atoms with E-state index in [1.165, 1.54) is 4.70 Å². The summed E-state index contributed by atoms with van der Waals surface area (Å²) in [5, 5.41) is 1.03. The van der Waals surface area contributed by atoms with Gasteiger partial charge >= 0.3 is 0 Å². The monoisotopic (exact) mass is 371 g/mol. The van der Waals surface area contributed by atoms with Crippen molar-refractivity contribution in [3.63, 3.8) is 0 Å². The molecule has 2 fully saturated rings. The molecule has 0 saturated carbocycles. The molecule has 26 heavy (non-hydrogen) atoms. The van der Waals surface area contributed by atoms with E-state index in [9.17, 15) is 9.59 Å². The number of likely N-dealkylation sites (tertiary alicyclic amines) is 2. The highest BCUT2D eigenvalue weighted by Gasteiger charge is 2.32. The van der Waals surface area contributed by atoms with Crippen LogP contribution < -0.4 is 0 Å². The fourth-order valence-corrected chi connectivity index (χ4v) is 5.09. The molecule has 1 atom stereocenters. The van der Waals surface area contributed by atoms with Crippen LogP contribution in [0.2, 0.25) is 0 Å². The van der Waals surface area contributed by atoms with Crippen LogP contribution in [0.1, 0.15) is 56.0 Å². The van der Waals surface area contributed by atoms with Gasteiger partial charge in [0.15, 0.2) is 0 Å². The molecule has 0 aliphatic carbocycles. The van der Waals surface area contributed by atoms with E-state index in [1.54, 1.807) is 16.2 Å². The minimum Gasteiger partial charge on any atom is -0.333 e. The first-order chi connectivity index (χ1) is 12.7. The number of piperidine rings is 1. The SMILES string of the molecule is O=C1CCCCCN1CC(=O)N1CCCCC1c1nc2ccccc2s1. The highest BCUT2D eigenvalue weighted by Crippen LogP contribution is 2.35. The van der Waals surface area contributed by atoms with E-state index in [0.717, 1.165) is 55.6 Å². The Morgan fingerprint density at radius 2 is 1.96 bits per heavy atom. The Morgan fingerprint density at radius 1 is 1.12 bits per heavy atom. The van der Waals surface area contributed by atoms with Gasteiger partial charge in [-0.05, 0) is 44.2 Å². The maximum Gasteiger partial charge on any atom is 0.242 e. The molecule has 5 nitrogen and oxygen atoms in total. The molecule has 0 N–H and O–H groups in total. The van der Waals surface area contributed by atoms with Gasteiger partial charge in [0, 0.05) is 19.5 Å². The summed E-state index contributed by atoms with van der Waals surface area (Å²) in [6.45, 7) is 1.70. The first-order valence-electron chi connectivity index (χ1n) is 9.65. The molecule has 4 rings (SSSR count). The van der Waals surface area contributed by atoms with Crippen molar-refractivity contribution in [1.82, 2.24) is 14.8 Å². The number of hydrogen-bond donors (Lipinski definition) is 0. The third-order valence-corrected chi connectivity index (χ3v) is 6.55. The van der Waals surface area contributed by atoms with Crippen molar-refractivity contribution in [1.29, 1.82) is 0 Å². The second kappa shape index (κ2) is 7.74. The Morgan fingerprint density at radius 3 is 2.85 bits per heavy atom. The quantitative estimate of drug-likeness (QED) is 0.826. The zero-order valence-corrected chi connectivity index (χ0v) is 15.8. The lowest BCUT2D eigenvalue weighted by Gasteiger charge is -2.36.